The highest BCUT2D eigenvalue weighted by Gasteiger charge is 2.78. The van der Waals surface area contributed by atoms with Crippen LogP contribution in [0.5, 0.6) is 0 Å². The van der Waals surface area contributed by atoms with Gasteiger partial charge in [0.2, 0.25) is 0 Å². The van der Waals surface area contributed by atoms with Crippen LogP contribution < -0.4 is 0 Å². The zero-order valence-corrected chi connectivity index (χ0v) is 11.4. The number of ether oxygens (including phenoxy) is 2. The molecule has 5 heteroatoms. The van der Waals surface area contributed by atoms with Gasteiger partial charge in [0.1, 0.15) is 0 Å². The van der Waals surface area contributed by atoms with Gasteiger partial charge in [0.15, 0.2) is 5.60 Å². The molecule has 5 nitrogen and oxygen atoms in total. The Bertz CT molecular complexity index is 597. The number of carbonyl (C=O) groups excluding carboxylic acids is 1. The maximum Gasteiger partial charge on any atom is 0.341 e. The number of hydrogen-bond donors (Lipinski definition) is 1. The van der Waals surface area contributed by atoms with Crippen LogP contribution in [0.4, 0.5) is 0 Å². The lowest BCUT2D eigenvalue weighted by atomic mass is 9.61. The molecule has 5 atom stereocenters. The van der Waals surface area contributed by atoms with E-state index in [0.29, 0.717) is 12.2 Å². The molecule has 0 unspecified atom stereocenters. The van der Waals surface area contributed by atoms with E-state index in [1.807, 2.05) is 13.0 Å². The highest BCUT2D eigenvalue weighted by atomic mass is 16.6. The average molecular weight is 276 g/mol. The summed E-state index contributed by atoms with van der Waals surface area (Å²) in [5.74, 6) is -1.33. The fourth-order valence-electron chi connectivity index (χ4n) is 4.49. The van der Waals surface area contributed by atoms with E-state index in [0.717, 1.165) is 0 Å². The molecule has 0 amide bonds. The van der Waals surface area contributed by atoms with Crippen molar-refractivity contribution in [2.75, 3.05) is 13.2 Å². The molecular weight excluding hydrogens is 260 g/mol. The summed E-state index contributed by atoms with van der Waals surface area (Å²) in [6.07, 6.45) is 3.92. The van der Waals surface area contributed by atoms with Gasteiger partial charge in [0, 0.05) is 16.9 Å². The maximum atomic E-state index is 12.2. The fourth-order valence-corrected chi connectivity index (χ4v) is 4.49. The fraction of sp³-hybridized carbons (Fsp3) is 0.600. The Labute approximate surface area is 116 Å². The molecule has 20 heavy (non-hydrogen) atoms. The zero-order valence-electron chi connectivity index (χ0n) is 11.4. The second-order valence-electron chi connectivity index (χ2n) is 6.33. The third kappa shape index (κ3) is 1.06. The Kier molecular flexibility index (Phi) is 2.03. The maximum absolute atomic E-state index is 12.2. The Morgan fingerprint density at radius 1 is 1.50 bits per heavy atom. The lowest BCUT2D eigenvalue weighted by molar-refractivity contribution is -0.170. The van der Waals surface area contributed by atoms with E-state index in [2.05, 4.69) is 13.0 Å². The molecule has 106 valence electrons. The lowest BCUT2D eigenvalue weighted by Gasteiger charge is -2.43. The number of carboxylic acids is 1. The smallest absolute Gasteiger partial charge is 0.341 e. The van der Waals surface area contributed by atoms with Crippen LogP contribution in [-0.4, -0.2) is 35.9 Å². The van der Waals surface area contributed by atoms with Crippen molar-refractivity contribution in [1.29, 1.82) is 0 Å². The summed E-state index contributed by atoms with van der Waals surface area (Å²) in [7, 11) is 0. The van der Waals surface area contributed by atoms with Crippen LogP contribution in [-0.2, 0) is 19.1 Å². The number of carboxylic acid groups (broad SMARTS) is 1. The molecule has 4 aliphatic rings. The van der Waals surface area contributed by atoms with Crippen LogP contribution in [0.15, 0.2) is 23.3 Å². The Morgan fingerprint density at radius 2 is 2.20 bits per heavy atom. The molecule has 1 N–H and O–H groups in total. The number of esters is 1. The number of rotatable bonds is 1. The molecule has 2 fully saturated rings. The predicted molar refractivity (Wildman–Crippen MR) is 67.7 cm³/mol. The number of carbonyl (C=O) groups is 2. The topological polar surface area (TPSA) is 76.1 Å². The number of aliphatic carboxylic acids is 1. The Morgan fingerprint density at radius 3 is 2.80 bits per heavy atom. The van der Waals surface area contributed by atoms with Gasteiger partial charge in [-0.05, 0) is 18.8 Å². The number of hydrogen-bond acceptors (Lipinski definition) is 4. The van der Waals surface area contributed by atoms with Gasteiger partial charge < -0.3 is 14.6 Å². The molecule has 0 radical (unpaired) electrons. The average Bonchev–Trinajstić information content (AvgIpc) is 3.07. The van der Waals surface area contributed by atoms with Gasteiger partial charge in [-0.3, -0.25) is 0 Å². The van der Waals surface area contributed by atoms with Crippen molar-refractivity contribution in [2.24, 2.45) is 23.2 Å². The molecule has 2 saturated heterocycles. The summed E-state index contributed by atoms with van der Waals surface area (Å²) in [5.41, 5.74) is 0.0538. The SMILES string of the molecule is CC1=C[C@]23[C@@H](COC(=O)[C@]24CO4)C(C(=O)O)=C[C@H]3[C@@H]1C. The lowest BCUT2D eigenvalue weighted by Crippen LogP contribution is -2.56. The molecule has 0 aromatic heterocycles. The molecule has 2 aliphatic heterocycles. The molecule has 0 aromatic rings. The van der Waals surface area contributed by atoms with Crippen molar-refractivity contribution in [2.45, 2.75) is 19.4 Å². The molecule has 2 aliphatic carbocycles. The van der Waals surface area contributed by atoms with Gasteiger partial charge in [0.25, 0.3) is 0 Å². The largest absolute Gasteiger partial charge is 0.478 e. The molecule has 0 saturated carbocycles. The minimum atomic E-state index is -0.958. The quantitative estimate of drug-likeness (QED) is 0.442. The van der Waals surface area contributed by atoms with Crippen LogP contribution >= 0.6 is 0 Å². The minimum Gasteiger partial charge on any atom is -0.478 e. The number of allylic oxidation sites excluding steroid dienone is 2. The Balaban J connectivity index is 1.92. The summed E-state index contributed by atoms with van der Waals surface area (Å²) >= 11 is 0. The summed E-state index contributed by atoms with van der Waals surface area (Å²) in [6, 6.07) is 0. The molecular formula is C15H16O5. The van der Waals surface area contributed by atoms with E-state index in [9.17, 15) is 14.7 Å². The van der Waals surface area contributed by atoms with Gasteiger partial charge >= 0.3 is 11.9 Å². The molecule has 2 spiro atoms. The predicted octanol–water partition coefficient (Wildman–Crippen LogP) is 1.15. The first-order chi connectivity index (χ1) is 9.44. The van der Waals surface area contributed by atoms with Crippen LogP contribution in [0.25, 0.3) is 0 Å². The summed E-state index contributed by atoms with van der Waals surface area (Å²) in [4.78, 5) is 23.7. The Hall–Kier alpha value is -1.62. The third-order valence-corrected chi connectivity index (χ3v) is 5.68. The number of cyclic esters (lactones) is 1. The number of epoxide rings is 1. The van der Waals surface area contributed by atoms with Crippen LogP contribution in [0, 0.1) is 23.2 Å². The van der Waals surface area contributed by atoms with Gasteiger partial charge in [-0.2, -0.15) is 0 Å². The standard InChI is InChI=1S/C15H16O5/c1-7-4-14-10(8(7)2)3-9(12(16)17)11(14)5-19-13(18)15(14)6-20-15/h3-4,8,10-11H,5-6H2,1-2H3,(H,16,17)/t8-,10+,11+,14+,15-/m1/s1. The zero-order chi connectivity index (χ0) is 14.3. The normalized spacial score (nSPS) is 48.3. The van der Waals surface area contributed by atoms with E-state index in [1.165, 1.54) is 5.57 Å². The van der Waals surface area contributed by atoms with Gasteiger partial charge in [-0.25, -0.2) is 9.59 Å². The first-order valence-corrected chi connectivity index (χ1v) is 6.89. The van der Waals surface area contributed by atoms with E-state index >= 15 is 0 Å². The van der Waals surface area contributed by atoms with Crippen LogP contribution in [0.3, 0.4) is 0 Å². The van der Waals surface area contributed by atoms with E-state index in [-0.39, 0.29) is 30.3 Å². The van der Waals surface area contributed by atoms with Crippen molar-refractivity contribution in [3.63, 3.8) is 0 Å². The monoisotopic (exact) mass is 276 g/mol. The van der Waals surface area contributed by atoms with Crippen molar-refractivity contribution in [3.05, 3.63) is 23.3 Å². The van der Waals surface area contributed by atoms with Crippen molar-refractivity contribution >= 4 is 11.9 Å². The first-order valence-electron chi connectivity index (χ1n) is 6.89. The van der Waals surface area contributed by atoms with Crippen LogP contribution in [0.1, 0.15) is 13.8 Å². The molecule has 4 rings (SSSR count). The van der Waals surface area contributed by atoms with E-state index in [1.54, 1.807) is 0 Å². The van der Waals surface area contributed by atoms with Crippen molar-refractivity contribution < 1.29 is 24.2 Å². The summed E-state index contributed by atoms with van der Waals surface area (Å²) in [5, 5.41) is 9.44. The summed E-state index contributed by atoms with van der Waals surface area (Å²) < 4.78 is 10.8. The minimum absolute atomic E-state index is 0.00829. The van der Waals surface area contributed by atoms with E-state index < -0.39 is 17.0 Å². The molecule has 0 aromatic carbocycles. The second-order valence-corrected chi connectivity index (χ2v) is 6.33. The highest BCUT2D eigenvalue weighted by Crippen LogP contribution is 2.68. The van der Waals surface area contributed by atoms with Crippen molar-refractivity contribution in [1.82, 2.24) is 0 Å². The second kappa shape index (κ2) is 3.34. The third-order valence-electron chi connectivity index (χ3n) is 5.68. The van der Waals surface area contributed by atoms with Crippen molar-refractivity contribution in [3.8, 4) is 0 Å². The van der Waals surface area contributed by atoms with E-state index in [4.69, 9.17) is 9.47 Å². The summed E-state index contributed by atoms with van der Waals surface area (Å²) in [6.45, 7) is 4.59. The first kappa shape index (κ1) is 12.1. The van der Waals surface area contributed by atoms with Gasteiger partial charge in [-0.1, -0.05) is 24.6 Å². The van der Waals surface area contributed by atoms with Crippen LogP contribution in [0.2, 0.25) is 0 Å². The highest BCUT2D eigenvalue weighted by molar-refractivity contribution is 5.92. The van der Waals surface area contributed by atoms with Gasteiger partial charge in [-0.15, -0.1) is 0 Å². The van der Waals surface area contributed by atoms with Gasteiger partial charge in [0.05, 0.1) is 13.2 Å². The molecule has 0 bridgehead atoms. The molecule has 2 heterocycles.